The summed E-state index contributed by atoms with van der Waals surface area (Å²) in [7, 11) is 0. The Balaban J connectivity index is 2.36. The zero-order valence-electron chi connectivity index (χ0n) is 9.55. The molecule has 1 nitrogen and oxygen atoms in total. The van der Waals surface area contributed by atoms with Gasteiger partial charge in [-0.1, -0.05) is 25.1 Å². The molecule has 1 N–H and O–H groups in total. The number of thioether (sulfide) groups is 1. The number of benzene rings is 1. The molecule has 0 amide bonds. The molecule has 1 aromatic carbocycles. The molecule has 1 atom stereocenters. The van der Waals surface area contributed by atoms with E-state index in [1.165, 1.54) is 34.6 Å². The highest BCUT2D eigenvalue weighted by molar-refractivity contribution is 7.99. The molecule has 0 saturated heterocycles. The molecular formula is C13H19NS. The van der Waals surface area contributed by atoms with Gasteiger partial charge in [0, 0.05) is 10.9 Å². The lowest BCUT2D eigenvalue weighted by Crippen LogP contribution is -2.20. The largest absolute Gasteiger partial charge is 0.310 e. The van der Waals surface area contributed by atoms with Crippen molar-refractivity contribution in [3.63, 3.8) is 0 Å². The Morgan fingerprint density at radius 3 is 3.13 bits per heavy atom. The van der Waals surface area contributed by atoms with Gasteiger partial charge in [0.1, 0.15) is 0 Å². The first kappa shape index (κ1) is 11.0. The van der Waals surface area contributed by atoms with Crippen molar-refractivity contribution in [1.82, 2.24) is 5.32 Å². The van der Waals surface area contributed by atoms with E-state index < -0.39 is 0 Å². The van der Waals surface area contributed by atoms with Gasteiger partial charge >= 0.3 is 0 Å². The Bertz CT molecular complexity index is 335. The van der Waals surface area contributed by atoms with Crippen LogP contribution in [0.3, 0.4) is 0 Å². The molecule has 82 valence electrons. The van der Waals surface area contributed by atoms with Crippen LogP contribution < -0.4 is 5.32 Å². The van der Waals surface area contributed by atoms with Crippen LogP contribution >= 0.6 is 11.8 Å². The molecule has 1 aromatic rings. The number of rotatable bonds is 2. The van der Waals surface area contributed by atoms with Crippen molar-refractivity contribution in [3.8, 4) is 0 Å². The molecule has 0 saturated carbocycles. The van der Waals surface area contributed by atoms with Crippen LogP contribution in [-0.2, 0) is 0 Å². The van der Waals surface area contributed by atoms with E-state index in [-0.39, 0.29) is 0 Å². The van der Waals surface area contributed by atoms with Gasteiger partial charge in [0.2, 0.25) is 0 Å². The van der Waals surface area contributed by atoms with Gasteiger partial charge < -0.3 is 5.32 Å². The molecule has 15 heavy (non-hydrogen) atoms. The Kier molecular flexibility index (Phi) is 3.71. The number of hydrogen-bond acceptors (Lipinski definition) is 2. The average Bonchev–Trinajstić information content (AvgIpc) is 2.43. The lowest BCUT2D eigenvalue weighted by atomic mass is 10.0. The summed E-state index contributed by atoms with van der Waals surface area (Å²) in [6.45, 7) is 5.47. The smallest absolute Gasteiger partial charge is 0.0331 e. The van der Waals surface area contributed by atoms with E-state index in [0.717, 1.165) is 6.54 Å². The summed E-state index contributed by atoms with van der Waals surface area (Å²) >= 11 is 2.03. The lowest BCUT2D eigenvalue weighted by Gasteiger charge is -2.18. The minimum atomic E-state index is 0.569. The predicted octanol–water partition coefficient (Wildman–Crippen LogP) is 3.53. The van der Waals surface area contributed by atoms with E-state index in [2.05, 4.69) is 37.4 Å². The van der Waals surface area contributed by atoms with Crippen LogP contribution in [0.4, 0.5) is 0 Å². The minimum Gasteiger partial charge on any atom is -0.310 e. The Morgan fingerprint density at radius 1 is 1.47 bits per heavy atom. The maximum absolute atomic E-state index is 3.59. The first-order valence-electron chi connectivity index (χ1n) is 5.78. The first-order valence-corrected chi connectivity index (χ1v) is 6.77. The molecule has 0 fully saturated rings. The van der Waals surface area contributed by atoms with Crippen molar-refractivity contribution in [2.24, 2.45) is 0 Å². The number of nitrogens with one attached hydrogen (secondary N) is 1. The lowest BCUT2D eigenvalue weighted by molar-refractivity contribution is 0.508. The summed E-state index contributed by atoms with van der Waals surface area (Å²) in [4.78, 5) is 1.51. The Labute approximate surface area is 96.7 Å². The average molecular weight is 221 g/mol. The summed E-state index contributed by atoms with van der Waals surface area (Å²) in [6, 6.07) is 7.26. The van der Waals surface area contributed by atoms with Gasteiger partial charge in [-0.15, -0.1) is 11.8 Å². The standard InChI is InChI=1S/C13H19NS/c1-3-14-12-8-5-9-15-13-10(2)6-4-7-11(12)13/h4,6-7,12,14H,3,5,8-9H2,1-2H3. The highest BCUT2D eigenvalue weighted by atomic mass is 32.2. The normalized spacial score (nSPS) is 20.8. The van der Waals surface area contributed by atoms with Crippen molar-refractivity contribution < 1.29 is 0 Å². The fourth-order valence-electron chi connectivity index (χ4n) is 2.22. The van der Waals surface area contributed by atoms with Crippen LogP contribution in [0.5, 0.6) is 0 Å². The summed E-state index contributed by atoms with van der Waals surface area (Å²) in [5.74, 6) is 1.26. The molecule has 1 heterocycles. The van der Waals surface area contributed by atoms with Crippen LogP contribution in [0.1, 0.15) is 36.9 Å². The molecular weight excluding hydrogens is 202 g/mol. The van der Waals surface area contributed by atoms with Gasteiger partial charge in [0.25, 0.3) is 0 Å². The van der Waals surface area contributed by atoms with Gasteiger partial charge in [0.05, 0.1) is 0 Å². The quantitative estimate of drug-likeness (QED) is 0.820. The van der Waals surface area contributed by atoms with Crippen molar-refractivity contribution in [3.05, 3.63) is 29.3 Å². The molecule has 0 aromatic heterocycles. The number of aryl methyl sites for hydroxylation is 1. The van der Waals surface area contributed by atoms with Crippen molar-refractivity contribution in [2.75, 3.05) is 12.3 Å². The van der Waals surface area contributed by atoms with Gasteiger partial charge in [-0.25, -0.2) is 0 Å². The summed E-state index contributed by atoms with van der Waals surface area (Å²) in [5, 5.41) is 3.59. The van der Waals surface area contributed by atoms with Gasteiger partial charge in [-0.2, -0.15) is 0 Å². The monoisotopic (exact) mass is 221 g/mol. The van der Waals surface area contributed by atoms with E-state index in [1.54, 1.807) is 0 Å². The van der Waals surface area contributed by atoms with E-state index in [9.17, 15) is 0 Å². The zero-order chi connectivity index (χ0) is 10.7. The summed E-state index contributed by atoms with van der Waals surface area (Å²) < 4.78 is 0. The molecule has 0 spiro atoms. The number of fused-ring (bicyclic) bond motifs is 1. The van der Waals surface area contributed by atoms with Gasteiger partial charge in [-0.3, -0.25) is 0 Å². The topological polar surface area (TPSA) is 12.0 Å². The SMILES string of the molecule is CCNC1CCCSc2c(C)cccc21. The van der Waals surface area contributed by atoms with E-state index >= 15 is 0 Å². The fourth-order valence-corrected chi connectivity index (χ4v) is 3.41. The number of hydrogen-bond donors (Lipinski definition) is 1. The van der Waals surface area contributed by atoms with Crippen LogP contribution in [0.25, 0.3) is 0 Å². The van der Waals surface area contributed by atoms with Crippen molar-refractivity contribution in [1.29, 1.82) is 0 Å². The molecule has 0 radical (unpaired) electrons. The zero-order valence-corrected chi connectivity index (χ0v) is 10.4. The second-order valence-corrected chi connectivity index (χ2v) is 5.20. The van der Waals surface area contributed by atoms with Crippen LogP contribution in [0.2, 0.25) is 0 Å². The van der Waals surface area contributed by atoms with Crippen LogP contribution in [0, 0.1) is 6.92 Å². The molecule has 1 aliphatic heterocycles. The molecule has 2 rings (SSSR count). The Hall–Kier alpha value is -0.470. The maximum Gasteiger partial charge on any atom is 0.0331 e. The van der Waals surface area contributed by atoms with Crippen LogP contribution in [0.15, 0.2) is 23.1 Å². The van der Waals surface area contributed by atoms with Crippen molar-refractivity contribution in [2.45, 2.75) is 37.6 Å². The van der Waals surface area contributed by atoms with E-state index in [4.69, 9.17) is 0 Å². The third-order valence-electron chi connectivity index (χ3n) is 2.95. The third-order valence-corrected chi connectivity index (χ3v) is 4.29. The molecule has 1 unspecified atom stereocenters. The molecule has 0 aliphatic carbocycles. The third kappa shape index (κ3) is 2.37. The van der Waals surface area contributed by atoms with Gasteiger partial charge in [0.15, 0.2) is 0 Å². The maximum atomic E-state index is 3.59. The predicted molar refractivity (Wildman–Crippen MR) is 67.6 cm³/mol. The summed E-state index contributed by atoms with van der Waals surface area (Å²) in [6.07, 6.45) is 2.59. The Morgan fingerprint density at radius 2 is 2.33 bits per heavy atom. The van der Waals surface area contributed by atoms with Crippen LogP contribution in [-0.4, -0.2) is 12.3 Å². The van der Waals surface area contributed by atoms with E-state index in [0.29, 0.717) is 6.04 Å². The molecule has 0 bridgehead atoms. The molecule has 1 aliphatic rings. The second kappa shape index (κ2) is 5.04. The highest BCUT2D eigenvalue weighted by Crippen LogP contribution is 2.36. The van der Waals surface area contributed by atoms with Crippen molar-refractivity contribution >= 4 is 11.8 Å². The minimum absolute atomic E-state index is 0.569. The van der Waals surface area contributed by atoms with Gasteiger partial charge in [-0.05, 0) is 43.2 Å². The highest BCUT2D eigenvalue weighted by Gasteiger charge is 2.18. The van der Waals surface area contributed by atoms with E-state index in [1.807, 2.05) is 11.8 Å². The molecule has 2 heteroatoms. The first-order chi connectivity index (χ1) is 7.33. The summed E-state index contributed by atoms with van der Waals surface area (Å²) in [5.41, 5.74) is 2.95. The fraction of sp³-hybridized carbons (Fsp3) is 0.538. The second-order valence-electron chi connectivity index (χ2n) is 4.09.